The van der Waals surface area contributed by atoms with Crippen molar-refractivity contribution in [2.24, 2.45) is 4.99 Å². The highest BCUT2D eigenvalue weighted by atomic mass is 14.6. The summed E-state index contributed by atoms with van der Waals surface area (Å²) in [5, 5.41) is 0. The van der Waals surface area contributed by atoms with Gasteiger partial charge in [0, 0.05) is 13.3 Å². The molecule has 0 saturated carbocycles. The van der Waals surface area contributed by atoms with Crippen LogP contribution in [-0.2, 0) is 0 Å². The van der Waals surface area contributed by atoms with Crippen molar-refractivity contribution in [1.82, 2.24) is 0 Å². The van der Waals surface area contributed by atoms with Gasteiger partial charge in [0.2, 0.25) is 0 Å². The summed E-state index contributed by atoms with van der Waals surface area (Å²) in [6, 6.07) is 0. The molecule has 1 heteroatoms. The molecule has 0 aliphatic rings. The summed E-state index contributed by atoms with van der Waals surface area (Å²) in [6.07, 6.45) is 10.4. The van der Waals surface area contributed by atoms with Crippen molar-refractivity contribution in [1.29, 1.82) is 0 Å². The second-order valence-corrected chi connectivity index (χ2v) is 2.31. The van der Waals surface area contributed by atoms with Crippen molar-refractivity contribution in [3.8, 4) is 0 Å². The molecule has 1 nitrogen and oxygen atoms in total. The molecule has 0 amide bonds. The van der Waals surface area contributed by atoms with Crippen LogP contribution < -0.4 is 0 Å². The molecule has 0 radical (unpaired) electrons. The quantitative estimate of drug-likeness (QED) is 0.432. The predicted molar refractivity (Wildman–Crippen MR) is 52.2 cm³/mol. The van der Waals surface area contributed by atoms with E-state index in [9.17, 15) is 0 Å². The maximum absolute atomic E-state index is 3.90. The Hall–Kier alpha value is -0.850. The van der Waals surface area contributed by atoms with E-state index in [0.29, 0.717) is 0 Å². The maximum Gasteiger partial charge on any atom is 0.0277 e. The standard InChI is InChI=1S/C10H17N/c1-4-6-7-10(5-2)8-9-11-3/h6-9H,4-5H2,1-3H3/b7-6-,10-8-,11-9?. The minimum Gasteiger partial charge on any atom is -0.297 e. The summed E-state index contributed by atoms with van der Waals surface area (Å²) in [5.41, 5.74) is 1.33. The van der Waals surface area contributed by atoms with Crippen molar-refractivity contribution < 1.29 is 0 Å². The average molecular weight is 151 g/mol. The first-order valence-corrected chi connectivity index (χ1v) is 4.13. The van der Waals surface area contributed by atoms with Gasteiger partial charge in [0.15, 0.2) is 0 Å². The van der Waals surface area contributed by atoms with Gasteiger partial charge < -0.3 is 0 Å². The number of hydrogen-bond donors (Lipinski definition) is 0. The van der Waals surface area contributed by atoms with E-state index in [2.05, 4.69) is 31.0 Å². The van der Waals surface area contributed by atoms with Gasteiger partial charge in [-0.1, -0.05) is 26.0 Å². The molecule has 11 heavy (non-hydrogen) atoms. The number of allylic oxidation sites excluding steroid dienone is 4. The highest BCUT2D eigenvalue weighted by Gasteiger charge is 1.83. The predicted octanol–water partition coefficient (Wildman–Crippen LogP) is 2.99. The summed E-state index contributed by atoms with van der Waals surface area (Å²) in [6.45, 7) is 4.28. The largest absolute Gasteiger partial charge is 0.297 e. The van der Waals surface area contributed by atoms with Crippen molar-refractivity contribution in [3.63, 3.8) is 0 Å². The third-order valence-electron chi connectivity index (χ3n) is 1.41. The van der Waals surface area contributed by atoms with E-state index in [0.717, 1.165) is 12.8 Å². The fraction of sp³-hybridized carbons (Fsp3) is 0.500. The van der Waals surface area contributed by atoms with E-state index in [1.54, 1.807) is 7.05 Å². The van der Waals surface area contributed by atoms with Crippen LogP contribution in [0.25, 0.3) is 0 Å². The zero-order valence-corrected chi connectivity index (χ0v) is 7.67. The minimum atomic E-state index is 1.07. The third kappa shape index (κ3) is 5.59. The molecule has 0 spiro atoms. The molecule has 0 aliphatic heterocycles. The molecule has 62 valence electrons. The summed E-state index contributed by atoms with van der Waals surface area (Å²) < 4.78 is 0. The lowest BCUT2D eigenvalue weighted by Crippen LogP contribution is -1.75. The lowest BCUT2D eigenvalue weighted by molar-refractivity contribution is 1.14. The number of rotatable bonds is 4. The van der Waals surface area contributed by atoms with Gasteiger partial charge in [-0.05, 0) is 24.5 Å². The van der Waals surface area contributed by atoms with Crippen molar-refractivity contribution in [2.75, 3.05) is 7.05 Å². The van der Waals surface area contributed by atoms with E-state index in [1.807, 2.05) is 12.3 Å². The molecule has 0 rings (SSSR count). The summed E-state index contributed by atoms with van der Waals surface area (Å²) >= 11 is 0. The van der Waals surface area contributed by atoms with Crippen LogP contribution in [0.5, 0.6) is 0 Å². The van der Waals surface area contributed by atoms with Gasteiger partial charge in [-0.2, -0.15) is 0 Å². The smallest absolute Gasteiger partial charge is 0.0277 e. The van der Waals surface area contributed by atoms with E-state index >= 15 is 0 Å². The molecule has 0 unspecified atom stereocenters. The highest BCUT2D eigenvalue weighted by molar-refractivity contribution is 5.72. The van der Waals surface area contributed by atoms with Crippen LogP contribution in [0, 0.1) is 0 Å². The van der Waals surface area contributed by atoms with Crippen LogP contribution in [0.15, 0.2) is 28.8 Å². The average Bonchev–Trinajstić information content (AvgIpc) is 2.05. The van der Waals surface area contributed by atoms with Crippen LogP contribution in [-0.4, -0.2) is 13.3 Å². The number of nitrogens with zero attached hydrogens (tertiary/aromatic N) is 1. The SMILES string of the molecule is CC/C=C\C(=C/C=NC)CC. The molecule has 0 heterocycles. The van der Waals surface area contributed by atoms with Gasteiger partial charge in [-0.15, -0.1) is 0 Å². The minimum absolute atomic E-state index is 1.07. The van der Waals surface area contributed by atoms with Gasteiger partial charge in [0.25, 0.3) is 0 Å². The Balaban J connectivity index is 4.04. The molecular weight excluding hydrogens is 134 g/mol. The lowest BCUT2D eigenvalue weighted by atomic mass is 10.2. The Morgan fingerprint density at radius 2 is 2.09 bits per heavy atom. The van der Waals surface area contributed by atoms with E-state index in [4.69, 9.17) is 0 Å². The lowest BCUT2D eigenvalue weighted by Gasteiger charge is -1.92. The van der Waals surface area contributed by atoms with Crippen LogP contribution in [0.4, 0.5) is 0 Å². The fourth-order valence-corrected chi connectivity index (χ4v) is 0.731. The highest BCUT2D eigenvalue weighted by Crippen LogP contribution is 2.01. The van der Waals surface area contributed by atoms with Gasteiger partial charge in [0.05, 0.1) is 0 Å². The second-order valence-electron chi connectivity index (χ2n) is 2.31. The van der Waals surface area contributed by atoms with E-state index < -0.39 is 0 Å². The first-order chi connectivity index (χ1) is 5.35. The zero-order chi connectivity index (χ0) is 8.53. The summed E-state index contributed by atoms with van der Waals surface area (Å²) in [7, 11) is 1.79. The second kappa shape index (κ2) is 7.26. The first kappa shape index (κ1) is 10.2. The Morgan fingerprint density at radius 3 is 2.55 bits per heavy atom. The van der Waals surface area contributed by atoms with Gasteiger partial charge in [-0.25, -0.2) is 0 Å². The molecule has 0 aliphatic carbocycles. The summed E-state index contributed by atoms with van der Waals surface area (Å²) in [4.78, 5) is 3.90. The molecule has 0 saturated heterocycles. The van der Waals surface area contributed by atoms with Gasteiger partial charge >= 0.3 is 0 Å². The third-order valence-corrected chi connectivity index (χ3v) is 1.41. The molecular formula is C10H17N. The van der Waals surface area contributed by atoms with E-state index in [-0.39, 0.29) is 0 Å². The maximum atomic E-state index is 3.90. The van der Waals surface area contributed by atoms with Crippen LogP contribution >= 0.6 is 0 Å². The molecule has 0 aromatic carbocycles. The zero-order valence-electron chi connectivity index (χ0n) is 7.67. The van der Waals surface area contributed by atoms with E-state index in [1.165, 1.54) is 5.57 Å². The van der Waals surface area contributed by atoms with Crippen molar-refractivity contribution in [3.05, 3.63) is 23.8 Å². The number of aliphatic imine (C=N–C) groups is 1. The Morgan fingerprint density at radius 1 is 1.36 bits per heavy atom. The molecule has 0 fully saturated rings. The number of hydrogen-bond acceptors (Lipinski definition) is 1. The molecule has 0 N–H and O–H groups in total. The Bertz CT molecular complexity index is 164. The van der Waals surface area contributed by atoms with Crippen molar-refractivity contribution in [2.45, 2.75) is 26.7 Å². The topological polar surface area (TPSA) is 12.4 Å². The normalized spacial score (nSPS) is 13.5. The van der Waals surface area contributed by atoms with Gasteiger partial charge in [0.1, 0.15) is 0 Å². The first-order valence-electron chi connectivity index (χ1n) is 4.13. The van der Waals surface area contributed by atoms with Crippen molar-refractivity contribution >= 4 is 6.21 Å². The Labute approximate surface area is 69.5 Å². The van der Waals surface area contributed by atoms with Gasteiger partial charge in [-0.3, -0.25) is 4.99 Å². The van der Waals surface area contributed by atoms with Crippen LogP contribution in [0.1, 0.15) is 26.7 Å². The van der Waals surface area contributed by atoms with Crippen LogP contribution in [0.2, 0.25) is 0 Å². The molecule has 0 aromatic heterocycles. The molecule has 0 atom stereocenters. The monoisotopic (exact) mass is 151 g/mol. The van der Waals surface area contributed by atoms with Crippen LogP contribution in [0.3, 0.4) is 0 Å². The fourth-order valence-electron chi connectivity index (χ4n) is 0.731. The molecule has 0 bridgehead atoms. The summed E-state index contributed by atoms with van der Waals surface area (Å²) in [5.74, 6) is 0. The molecule has 0 aromatic rings. The Kier molecular flexibility index (Phi) is 6.70.